The van der Waals surface area contributed by atoms with Crippen LogP contribution in [0.3, 0.4) is 0 Å². The van der Waals surface area contributed by atoms with E-state index in [0.29, 0.717) is 11.7 Å². The third-order valence-electron chi connectivity index (χ3n) is 2.11. The molecule has 7 heteroatoms. The molecule has 0 aliphatic carbocycles. The average molecular weight is 250 g/mol. The molecule has 2 aromatic heterocycles. The summed E-state index contributed by atoms with van der Waals surface area (Å²) in [5.41, 5.74) is 0. The Balaban J connectivity index is 1.97. The number of aromatic nitrogens is 1. The number of hydrogen-bond acceptors (Lipinski definition) is 5. The first-order valence-corrected chi connectivity index (χ1v) is 5.09. The molecule has 0 aliphatic heterocycles. The zero-order valence-electron chi connectivity index (χ0n) is 9.47. The molecule has 0 aromatic carbocycles. The SMILES string of the molecule is Cc1cnc(CNC(=O)c2ccc(C(=O)O)o2)o1. The van der Waals surface area contributed by atoms with Crippen LogP contribution in [0.4, 0.5) is 0 Å². The predicted molar refractivity (Wildman–Crippen MR) is 58.1 cm³/mol. The Morgan fingerprint density at radius 3 is 2.61 bits per heavy atom. The van der Waals surface area contributed by atoms with Gasteiger partial charge >= 0.3 is 5.97 Å². The van der Waals surface area contributed by atoms with Crippen molar-refractivity contribution < 1.29 is 23.5 Å². The van der Waals surface area contributed by atoms with Crippen molar-refractivity contribution >= 4 is 11.9 Å². The number of amides is 1. The van der Waals surface area contributed by atoms with E-state index in [0.717, 1.165) is 0 Å². The third kappa shape index (κ3) is 2.57. The summed E-state index contributed by atoms with van der Waals surface area (Å²) in [5, 5.41) is 11.1. The zero-order valence-corrected chi connectivity index (χ0v) is 9.47. The number of furan rings is 1. The van der Waals surface area contributed by atoms with Crippen molar-refractivity contribution in [1.29, 1.82) is 0 Å². The molecule has 0 unspecified atom stereocenters. The maximum Gasteiger partial charge on any atom is 0.371 e. The predicted octanol–water partition coefficient (Wildman–Crippen LogP) is 1.20. The third-order valence-corrected chi connectivity index (χ3v) is 2.11. The van der Waals surface area contributed by atoms with E-state index < -0.39 is 11.9 Å². The van der Waals surface area contributed by atoms with Crippen molar-refractivity contribution in [2.75, 3.05) is 0 Å². The molecule has 94 valence electrons. The van der Waals surface area contributed by atoms with Crippen LogP contribution in [0.15, 0.2) is 27.2 Å². The van der Waals surface area contributed by atoms with Crippen LogP contribution >= 0.6 is 0 Å². The van der Waals surface area contributed by atoms with Crippen molar-refractivity contribution in [3.05, 3.63) is 41.5 Å². The van der Waals surface area contributed by atoms with Gasteiger partial charge in [-0.2, -0.15) is 0 Å². The lowest BCUT2D eigenvalue weighted by Crippen LogP contribution is -2.22. The molecule has 0 saturated heterocycles. The number of nitrogens with one attached hydrogen (secondary N) is 1. The van der Waals surface area contributed by atoms with E-state index in [1.54, 1.807) is 6.92 Å². The number of aromatic carboxylic acids is 1. The zero-order chi connectivity index (χ0) is 13.1. The Morgan fingerprint density at radius 2 is 2.06 bits per heavy atom. The lowest BCUT2D eigenvalue weighted by atomic mass is 10.4. The van der Waals surface area contributed by atoms with Crippen LogP contribution in [0.5, 0.6) is 0 Å². The number of aryl methyl sites for hydroxylation is 1. The highest BCUT2D eigenvalue weighted by molar-refractivity contribution is 5.93. The van der Waals surface area contributed by atoms with Crippen molar-refractivity contribution in [1.82, 2.24) is 10.3 Å². The minimum Gasteiger partial charge on any atom is -0.475 e. The topological polar surface area (TPSA) is 106 Å². The van der Waals surface area contributed by atoms with Crippen molar-refractivity contribution in [3.8, 4) is 0 Å². The van der Waals surface area contributed by atoms with Gasteiger partial charge in [-0.3, -0.25) is 4.79 Å². The second-order valence-electron chi connectivity index (χ2n) is 3.52. The van der Waals surface area contributed by atoms with Gasteiger partial charge < -0.3 is 19.3 Å². The first kappa shape index (κ1) is 11.9. The van der Waals surface area contributed by atoms with Gasteiger partial charge in [-0.05, 0) is 19.1 Å². The minimum atomic E-state index is -1.22. The summed E-state index contributed by atoms with van der Waals surface area (Å²) >= 11 is 0. The van der Waals surface area contributed by atoms with Crippen molar-refractivity contribution in [2.45, 2.75) is 13.5 Å². The molecule has 0 bridgehead atoms. The van der Waals surface area contributed by atoms with Crippen LogP contribution in [-0.2, 0) is 6.54 Å². The van der Waals surface area contributed by atoms with Gasteiger partial charge in [-0.1, -0.05) is 0 Å². The summed E-state index contributed by atoms with van der Waals surface area (Å²) in [5.74, 6) is -1.10. The number of carbonyl (C=O) groups excluding carboxylic acids is 1. The normalized spacial score (nSPS) is 10.3. The highest BCUT2D eigenvalue weighted by Gasteiger charge is 2.15. The Hall–Kier alpha value is -2.57. The minimum absolute atomic E-state index is 0.0734. The van der Waals surface area contributed by atoms with E-state index in [-0.39, 0.29) is 18.1 Å². The monoisotopic (exact) mass is 250 g/mol. The Labute approximate surface area is 101 Å². The van der Waals surface area contributed by atoms with Gasteiger partial charge in [-0.15, -0.1) is 0 Å². The molecule has 0 fully saturated rings. The van der Waals surface area contributed by atoms with Gasteiger partial charge in [0.25, 0.3) is 5.91 Å². The molecule has 2 aromatic rings. The van der Waals surface area contributed by atoms with E-state index in [2.05, 4.69) is 10.3 Å². The fourth-order valence-electron chi connectivity index (χ4n) is 1.30. The number of carbonyl (C=O) groups is 2. The largest absolute Gasteiger partial charge is 0.475 e. The number of carboxylic acids is 1. The molecular formula is C11H10N2O5. The molecular weight excluding hydrogens is 240 g/mol. The van der Waals surface area contributed by atoms with Gasteiger partial charge in [0, 0.05) is 0 Å². The number of carboxylic acid groups (broad SMARTS) is 1. The molecule has 18 heavy (non-hydrogen) atoms. The van der Waals surface area contributed by atoms with Gasteiger partial charge in [0.05, 0.1) is 12.7 Å². The second kappa shape index (κ2) is 4.74. The Kier molecular flexibility index (Phi) is 3.13. The molecule has 7 nitrogen and oxygen atoms in total. The first-order chi connectivity index (χ1) is 8.56. The van der Waals surface area contributed by atoms with Crippen LogP contribution in [0.1, 0.15) is 32.8 Å². The van der Waals surface area contributed by atoms with E-state index >= 15 is 0 Å². The number of hydrogen-bond donors (Lipinski definition) is 2. The lowest BCUT2D eigenvalue weighted by molar-refractivity contribution is 0.0659. The molecule has 0 saturated carbocycles. The van der Waals surface area contributed by atoms with Gasteiger partial charge in [0.2, 0.25) is 11.7 Å². The summed E-state index contributed by atoms with van der Waals surface area (Å²) in [7, 11) is 0. The lowest BCUT2D eigenvalue weighted by Gasteiger charge is -1.98. The van der Waals surface area contributed by atoms with Gasteiger partial charge in [0.1, 0.15) is 5.76 Å². The molecule has 0 radical (unpaired) electrons. The maximum absolute atomic E-state index is 11.6. The highest BCUT2D eigenvalue weighted by atomic mass is 16.4. The molecule has 2 heterocycles. The van der Waals surface area contributed by atoms with Crippen LogP contribution in [0.25, 0.3) is 0 Å². The molecule has 2 N–H and O–H groups in total. The quantitative estimate of drug-likeness (QED) is 0.844. The number of nitrogens with zero attached hydrogens (tertiary/aromatic N) is 1. The summed E-state index contributed by atoms with van der Waals surface area (Å²) in [4.78, 5) is 26.1. The molecule has 1 amide bonds. The molecule has 0 aliphatic rings. The van der Waals surface area contributed by atoms with E-state index in [4.69, 9.17) is 13.9 Å². The van der Waals surface area contributed by atoms with Crippen LogP contribution in [-0.4, -0.2) is 22.0 Å². The van der Waals surface area contributed by atoms with Gasteiger partial charge in [0.15, 0.2) is 5.76 Å². The first-order valence-electron chi connectivity index (χ1n) is 5.09. The Bertz CT molecular complexity index is 584. The smallest absolute Gasteiger partial charge is 0.371 e. The van der Waals surface area contributed by atoms with E-state index in [1.165, 1.54) is 18.3 Å². The highest BCUT2D eigenvalue weighted by Crippen LogP contribution is 2.08. The molecule has 2 rings (SSSR count). The summed E-state index contributed by atoms with van der Waals surface area (Å²) in [6, 6.07) is 2.51. The van der Waals surface area contributed by atoms with Crippen LogP contribution in [0, 0.1) is 6.92 Å². The average Bonchev–Trinajstić information content (AvgIpc) is 2.94. The number of oxazole rings is 1. The van der Waals surface area contributed by atoms with Crippen molar-refractivity contribution in [3.63, 3.8) is 0 Å². The molecule has 0 atom stereocenters. The standard InChI is InChI=1S/C11H10N2O5/c1-6-4-12-9(17-6)5-13-10(14)7-2-3-8(18-7)11(15)16/h2-4H,5H2,1H3,(H,13,14)(H,15,16). The summed E-state index contributed by atoms with van der Waals surface area (Å²) in [6.45, 7) is 1.85. The fraction of sp³-hybridized carbons (Fsp3) is 0.182. The van der Waals surface area contributed by atoms with Crippen molar-refractivity contribution in [2.24, 2.45) is 0 Å². The fourth-order valence-corrected chi connectivity index (χ4v) is 1.30. The number of rotatable bonds is 4. The maximum atomic E-state index is 11.6. The summed E-state index contributed by atoms with van der Waals surface area (Å²) < 4.78 is 10.0. The van der Waals surface area contributed by atoms with Gasteiger partial charge in [-0.25, -0.2) is 9.78 Å². The van der Waals surface area contributed by atoms with E-state index in [1.807, 2.05) is 0 Å². The summed E-state index contributed by atoms with van der Waals surface area (Å²) in [6.07, 6.45) is 1.54. The Morgan fingerprint density at radius 1 is 1.33 bits per heavy atom. The molecule has 0 spiro atoms. The van der Waals surface area contributed by atoms with Crippen LogP contribution < -0.4 is 5.32 Å². The second-order valence-corrected chi connectivity index (χ2v) is 3.52. The van der Waals surface area contributed by atoms with E-state index in [9.17, 15) is 9.59 Å². The van der Waals surface area contributed by atoms with Crippen LogP contribution in [0.2, 0.25) is 0 Å².